The molecule has 0 fully saturated rings. The second-order valence-electron chi connectivity index (χ2n) is 4.89. The van der Waals surface area contributed by atoms with Gasteiger partial charge in [0.25, 0.3) is 5.79 Å². The molecule has 0 spiro atoms. The highest BCUT2D eigenvalue weighted by atomic mass is 16.6. The zero-order chi connectivity index (χ0) is 16.0. The zero-order valence-corrected chi connectivity index (χ0v) is 13.0. The molecule has 0 aliphatic heterocycles. The standard InChI is InChI=1S/C18H24NO2/c1-7-11-15(4)17(18(20,8-2)21-6)19(5)16-13-10-9-12-14(16)3/h7-13,17,20H,2,4-5H2,1,3,6H3/q+1/b11-7-/t17?,18-/m1/s1. The number of allylic oxidation sites excluding steroid dienone is 1. The lowest BCUT2D eigenvalue weighted by Gasteiger charge is -2.29. The number of aryl methyl sites for hydroxylation is 1. The Morgan fingerprint density at radius 1 is 1.43 bits per heavy atom. The van der Waals surface area contributed by atoms with Crippen LogP contribution in [0.4, 0.5) is 5.69 Å². The van der Waals surface area contributed by atoms with Gasteiger partial charge >= 0.3 is 0 Å². The first kappa shape index (κ1) is 17.1. The van der Waals surface area contributed by atoms with Crippen molar-refractivity contribution in [3.8, 4) is 0 Å². The van der Waals surface area contributed by atoms with Gasteiger partial charge in [-0.1, -0.05) is 43.5 Å². The highest BCUT2D eigenvalue weighted by molar-refractivity contribution is 5.43. The minimum Gasteiger partial charge on any atom is -0.357 e. The van der Waals surface area contributed by atoms with Gasteiger partial charge in [0.1, 0.15) is 6.72 Å². The van der Waals surface area contributed by atoms with E-state index >= 15 is 0 Å². The van der Waals surface area contributed by atoms with Crippen LogP contribution in [0.2, 0.25) is 0 Å². The summed E-state index contributed by atoms with van der Waals surface area (Å²) >= 11 is 0. The van der Waals surface area contributed by atoms with E-state index in [1.165, 1.54) is 13.2 Å². The third-order valence-corrected chi connectivity index (χ3v) is 3.48. The Labute approximate surface area is 127 Å². The number of benzene rings is 1. The molecule has 1 aromatic rings. The summed E-state index contributed by atoms with van der Waals surface area (Å²) in [5.41, 5.74) is 2.62. The summed E-state index contributed by atoms with van der Waals surface area (Å²) in [6.07, 6.45) is 5.05. The molecule has 0 aromatic heterocycles. The molecule has 112 valence electrons. The summed E-state index contributed by atoms with van der Waals surface area (Å²) in [4.78, 5) is 0. The SMILES string of the molecule is C=C[C@@](O)(OC)C(C(=C)/C=C\C)[N+](=C)c1ccccc1C. The van der Waals surface area contributed by atoms with Gasteiger partial charge in [0.15, 0.2) is 0 Å². The van der Waals surface area contributed by atoms with Gasteiger partial charge in [-0.05, 0) is 19.9 Å². The molecule has 21 heavy (non-hydrogen) atoms. The summed E-state index contributed by atoms with van der Waals surface area (Å²) in [6, 6.07) is 7.23. The molecule has 0 amide bonds. The fourth-order valence-corrected chi connectivity index (χ4v) is 2.33. The lowest BCUT2D eigenvalue weighted by Crippen LogP contribution is -2.48. The molecule has 1 aromatic carbocycles. The minimum absolute atomic E-state index is 0.586. The maximum absolute atomic E-state index is 10.7. The molecule has 3 nitrogen and oxygen atoms in total. The van der Waals surface area contributed by atoms with Crippen molar-refractivity contribution in [2.24, 2.45) is 0 Å². The summed E-state index contributed by atoms with van der Waals surface area (Å²) in [6.45, 7) is 15.7. The summed E-state index contributed by atoms with van der Waals surface area (Å²) < 4.78 is 6.97. The second-order valence-corrected chi connectivity index (χ2v) is 4.89. The third kappa shape index (κ3) is 3.57. The molecule has 1 N–H and O–H groups in total. The van der Waals surface area contributed by atoms with Gasteiger partial charge in [-0.2, -0.15) is 4.58 Å². The van der Waals surface area contributed by atoms with E-state index in [1.54, 1.807) is 4.58 Å². The third-order valence-electron chi connectivity index (χ3n) is 3.48. The molecule has 0 aliphatic carbocycles. The van der Waals surface area contributed by atoms with Crippen LogP contribution in [0.25, 0.3) is 0 Å². The van der Waals surface area contributed by atoms with Crippen molar-refractivity contribution < 1.29 is 14.4 Å². The lowest BCUT2D eigenvalue weighted by atomic mass is 9.97. The number of rotatable bonds is 7. The summed E-state index contributed by atoms with van der Waals surface area (Å²) in [7, 11) is 1.43. The Morgan fingerprint density at radius 2 is 2.05 bits per heavy atom. The molecular formula is C18H24NO2+. The smallest absolute Gasteiger partial charge is 0.254 e. The summed E-state index contributed by atoms with van der Waals surface area (Å²) in [5, 5.41) is 10.7. The number of para-hydroxylation sites is 1. The van der Waals surface area contributed by atoms with Crippen LogP contribution in [0.1, 0.15) is 12.5 Å². The van der Waals surface area contributed by atoms with Crippen LogP contribution in [0, 0.1) is 6.92 Å². The Balaban J connectivity index is 3.38. The van der Waals surface area contributed by atoms with E-state index in [9.17, 15) is 5.11 Å². The van der Waals surface area contributed by atoms with Crippen molar-refractivity contribution >= 4 is 12.4 Å². The quantitative estimate of drug-likeness (QED) is 0.274. The van der Waals surface area contributed by atoms with Crippen molar-refractivity contribution in [2.75, 3.05) is 7.11 Å². The van der Waals surface area contributed by atoms with E-state index in [4.69, 9.17) is 4.74 Å². The molecule has 0 heterocycles. The molecule has 0 saturated carbocycles. The Hall–Kier alpha value is -1.97. The Morgan fingerprint density at radius 3 is 2.52 bits per heavy atom. The first-order valence-corrected chi connectivity index (χ1v) is 6.79. The van der Waals surface area contributed by atoms with Crippen LogP contribution < -0.4 is 0 Å². The number of ether oxygens (including phenoxy) is 1. The molecule has 0 saturated heterocycles. The topological polar surface area (TPSA) is 32.5 Å². The van der Waals surface area contributed by atoms with E-state index in [1.807, 2.05) is 50.3 Å². The van der Waals surface area contributed by atoms with Crippen molar-refractivity contribution in [1.29, 1.82) is 0 Å². The molecule has 0 bridgehead atoms. The maximum Gasteiger partial charge on any atom is 0.254 e. The number of methoxy groups -OCH3 is 1. The van der Waals surface area contributed by atoms with Gasteiger partial charge in [-0.25, -0.2) is 0 Å². The minimum atomic E-state index is -1.58. The number of hydrogen-bond donors (Lipinski definition) is 1. The van der Waals surface area contributed by atoms with Crippen molar-refractivity contribution in [3.63, 3.8) is 0 Å². The number of nitrogens with zero attached hydrogens (tertiary/aromatic N) is 1. The first-order valence-electron chi connectivity index (χ1n) is 6.79. The van der Waals surface area contributed by atoms with Gasteiger partial charge in [-0.15, -0.1) is 0 Å². The largest absolute Gasteiger partial charge is 0.357 e. The maximum atomic E-state index is 10.7. The van der Waals surface area contributed by atoms with E-state index in [2.05, 4.69) is 19.9 Å². The molecule has 1 rings (SSSR count). The van der Waals surface area contributed by atoms with Gasteiger partial charge in [0, 0.05) is 24.3 Å². The predicted molar refractivity (Wildman–Crippen MR) is 88.1 cm³/mol. The van der Waals surface area contributed by atoms with Crippen molar-refractivity contribution in [2.45, 2.75) is 25.7 Å². The molecule has 2 atom stereocenters. The Kier molecular flexibility index (Phi) is 5.82. The Bertz CT molecular complexity index is 574. The van der Waals surface area contributed by atoms with E-state index in [0.717, 1.165) is 11.3 Å². The number of aliphatic hydroxyl groups is 1. The van der Waals surface area contributed by atoms with Crippen LogP contribution in [-0.2, 0) is 4.74 Å². The normalized spacial score (nSPS) is 15.4. The average Bonchev–Trinajstić information content (AvgIpc) is 2.47. The van der Waals surface area contributed by atoms with Crippen molar-refractivity contribution in [1.82, 2.24) is 0 Å². The van der Waals surface area contributed by atoms with Crippen LogP contribution in [0.15, 0.2) is 61.2 Å². The highest BCUT2D eigenvalue weighted by Gasteiger charge is 2.44. The predicted octanol–water partition coefficient (Wildman–Crippen LogP) is 3.36. The van der Waals surface area contributed by atoms with Gasteiger partial charge in [-0.3, -0.25) is 0 Å². The highest BCUT2D eigenvalue weighted by Crippen LogP contribution is 2.29. The lowest BCUT2D eigenvalue weighted by molar-refractivity contribution is -0.507. The second kappa shape index (κ2) is 7.16. The molecule has 1 unspecified atom stereocenters. The first-order chi connectivity index (χ1) is 9.91. The van der Waals surface area contributed by atoms with Crippen LogP contribution in [0.3, 0.4) is 0 Å². The van der Waals surface area contributed by atoms with Crippen molar-refractivity contribution in [3.05, 3.63) is 66.8 Å². The molecule has 0 aliphatic rings. The van der Waals surface area contributed by atoms with E-state index < -0.39 is 11.8 Å². The van der Waals surface area contributed by atoms with Crippen LogP contribution in [0.5, 0.6) is 0 Å². The van der Waals surface area contributed by atoms with Gasteiger partial charge in [0.05, 0.1) is 0 Å². The van der Waals surface area contributed by atoms with Gasteiger partial charge < -0.3 is 9.84 Å². The summed E-state index contributed by atoms with van der Waals surface area (Å²) in [5.74, 6) is -1.58. The van der Waals surface area contributed by atoms with E-state index in [0.29, 0.717) is 5.57 Å². The zero-order valence-electron chi connectivity index (χ0n) is 13.0. The van der Waals surface area contributed by atoms with Crippen LogP contribution in [-0.4, -0.2) is 35.3 Å². The number of hydrogen-bond acceptors (Lipinski definition) is 2. The van der Waals surface area contributed by atoms with Gasteiger partial charge in [0.2, 0.25) is 11.7 Å². The van der Waals surface area contributed by atoms with E-state index in [-0.39, 0.29) is 0 Å². The average molecular weight is 286 g/mol. The fourth-order valence-electron chi connectivity index (χ4n) is 2.33. The molecule has 0 radical (unpaired) electrons. The fraction of sp³-hybridized carbons (Fsp3) is 0.278. The monoisotopic (exact) mass is 286 g/mol. The molecular weight excluding hydrogens is 262 g/mol. The van der Waals surface area contributed by atoms with Crippen LogP contribution >= 0.6 is 0 Å². The molecule has 3 heteroatoms.